The van der Waals surface area contributed by atoms with E-state index < -0.39 is 45.1 Å². The lowest BCUT2D eigenvalue weighted by Crippen LogP contribution is -2.64. The third kappa shape index (κ3) is 11.3. The third-order valence-corrected chi connectivity index (χ3v) is 18.7. The predicted molar refractivity (Wildman–Crippen MR) is 268 cm³/mol. The normalized spacial score (nSPS) is 19.1. The third-order valence-electron chi connectivity index (χ3n) is 14.8. The molecule has 4 aromatic carbocycles. The maximum Gasteiger partial charge on any atom is 0.314 e. The molecule has 0 amide bonds. The Morgan fingerprint density at radius 1 is 0.575 bits per heavy atom. The van der Waals surface area contributed by atoms with Crippen molar-refractivity contribution >= 4 is 44.2 Å². The number of piperidine rings is 2. The molecule has 5 aliphatic rings. The summed E-state index contributed by atoms with van der Waals surface area (Å²) in [4.78, 5) is 2.58. The first-order chi connectivity index (χ1) is 34.7. The molecule has 0 atom stereocenters. The summed E-state index contributed by atoms with van der Waals surface area (Å²) < 4.78 is 122. The minimum absolute atomic E-state index is 0. The minimum Gasteiger partial charge on any atom is -0.415 e. The van der Waals surface area contributed by atoms with Crippen molar-refractivity contribution in [2.45, 2.75) is 76.9 Å². The van der Waals surface area contributed by atoms with Gasteiger partial charge < -0.3 is 14.2 Å². The molecule has 5 fully saturated rings. The summed E-state index contributed by atoms with van der Waals surface area (Å²) in [5, 5.41) is 17.3. The molecule has 1 aliphatic carbocycles. The number of anilines is 2. The Labute approximate surface area is 428 Å². The van der Waals surface area contributed by atoms with Gasteiger partial charge >= 0.3 is 33.3 Å². The number of nitrogens with one attached hydrogen (secondary N) is 1. The van der Waals surface area contributed by atoms with Gasteiger partial charge in [-0.05, 0) is 109 Å². The monoisotopic (exact) mass is 1070 g/mol. The Morgan fingerprint density at radius 3 is 1.30 bits per heavy atom. The van der Waals surface area contributed by atoms with Crippen LogP contribution in [0.5, 0.6) is 0 Å². The van der Waals surface area contributed by atoms with E-state index in [1.54, 1.807) is 81.4 Å². The predicted octanol–water partition coefficient (Wildman–Crippen LogP) is 8.91. The van der Waals surface area contributed by atoms with Crippen LogP contribution in [-0.4, -0.2) is 109 Å². The number of alkyl halides is 4. The number of aromatic nitrogens is 4. The number of halogens is 5. The van der Waals surface area contributed by atoms with Crippen LogP contribution in [0.4, 0.5) is 28.9 Å². The standard InChI is InChI=1S/C27H31F2N5O3S.C23H25F2N5O3S.ClH/c28-24(29)26-31-30-25(37-26)21-11-9-20(10-12-21)17-34(23-5-2-1-3-6-23)38(35,36)33-15-13-27(14-16-33)18-32(19-27)22-7-4-8-22;24-20(25)22-28-27-21(33-22)18-8-6-17(7-9-18)14-30(19-4-2-1-3-5-19)34(31,32)29-12-10-23(11-13-29)15-26-16-23;/h1-3,5-6,9-12,22,24H,4,7-8,13-19H2;1-9,20,26H,10-16H2;1H. The van der Waals surface area contributed by atoms with E-state index in [1.807, 2.05) is 36.4 Å². The smallest absolute Gasteiger partial charge is 0.314 e. The SMILES string of the molecule is Cl.O=S(=O)(N1CCC2(CC1)CN(C1CCC1)C2)N(Cc1ccc(-c2nnc(C(F)F)o2)cc1)c1ccccc1.O=S(=O)(N1CCC2(CC1)CNC2)N(Cc1ccc(-c2nnc(C(F)F)o2)cc1)c1ccccc1. The van der Waals surface area contributed by atoms with Crippen LogP contribution in [-0.2, 0) is 33.5 Å². The minimum atomic E-state index is -3.77. The second-order valence-electron chi connectivity index (χ2n) is 19.5. The largest absolute Gasteiger partial charge is 0.415 e. The molecule has 0 bridgehead atoms. The summed E-state index contributed by atoms with van der Waals surface area (Å²) in [5.41, 5.74) is 4.12. The molecule has 2 spiro atoms. The second kappa shape index (κ2) is 21.8. The zero-order chi connectivity index (χ0) is 50.1. The van der Waals surface area contributed by atoms with Crippen molar-refractivity contribution in [1.29, 1.82) is 0 Å². The van der Waals surface area contributed by atoms with Crippen LogP contribution < -0.4 is 13.9 Å². The summed E-state index contributed by atoms with van der Waals surface area (Å²) in [5.74, 6) is -1.48. The lowest BCUT2D eigenvalue weighted by molar-refractivity contribution is -0.0771. The van der Waals surface area contributed by atoms with Gasteiger partial charge in [0.05, 0.1) is 24.5 Å². The van der Waals surface area contributed by atoms with E-state index in [-0.39, 0.29) is 48.1 Å². The number of para-hydroxylation sites is 2. The quantitative estimate of drug-likeness (QED) is 0.0969. The van der Waals surface area contributed by atoms with Gasteiger partial charge in [0.2, 0.25) is 11.8 Å². The lowest BCUT2D eigenvalue weighted by atomic mass is 9.70. The molecule has 4 saturated heterocycles. The molecule has 6 heterocycles. The van der Waals surface area contributed by atoms with Crippen molar-refractivity contribution in [1.82, 2.24) is 39.2 Å². The highest BCUT2D eigenvalue weighted by Crippen LogP contribution is 2.45. The Morgan fingerprint density at radius 2 is 0.973 bits per heavy atom. The highest BCUT2D eigenvalue weighted by molar-refractivity contribution is 7.90. The zero-order valence-electron chi connectivity index (χ0n) is 39.9. The fraction of sp³-hybridized carbons (Fsp3) is 0.440. The van der Waals surface area contributed by atoms with Crippen molar-refractivity contribution in [2.75, 3.05) is 61.0 Å². The molecule has 0 unspecified atom stereocenters. The highest BCUT2D eigenvalue weighted by atomic mass is 35.5. The summed E-state index contributed by atoms with van der Waals surface area (Å²) >= 11 is 0. The molecule has 6 aromatic rings. The van der Waals surface area contributed by atoms with Gasteiger partial charge in [-0.2, -0.15) is 43.0 Å². The van der Waals surface area contributed by atoms with Gasteiger partial charge in [-0.1, -0.05) is 67.1 Å². The van der Waals surface area contributed by atoms with Gasteiger partial charge in [-0.15, -0.1) is 32.8 Å². The number of rotatable bonds is 15. The molecular formula is C50H57ClF4N10O6S2. The maximum absolute atomic E-state index is 13.9. The molecule has 4 aliphatic heterocycles. The van der Waals surface area contributed by atoms with E-state index in [0.717, 1.165) is 69.0 Å². The van der Waals surface area contributed by atoms with Gasteiger partial charge in [-0.3, -0.25) is 13.5 Å². The van der Waals surface area contributed by atoms with Crippen LogP contribution in [0.2, 0.25) is 0 Å². The molecule has 390 valence electrons. The Bertz CT molecular complexity index is 2980. The fourth-order valence-corrected chi connectivity index (χ4v) is 13.4. The van der Waals surface area contributed by atoms with Crippen LogP contribution in [0.25, 0.3) is 22.9 Å². The number of benzene rings is 4. The van der Waals surface area contributed by atoms with Gasteiger partial charge in [-0.25, -0.2) is 0 Å². The van der Waals surface area contributed by atoms with E-state index in [0.29, 0.717) is 48.7 Å². The first kappa shape index (κ1) is 52.4. The Kier molecular flexibility index (Phi) is 15.6. The topological polar surface area (TPSA) is 174 Å². The van der Waals surface area contributed by atoms with E-state index in [9.17, 15) is 34.4 Å². The molecule has 1 N–H and O–H groups in total. The van der Waals surface area contributed by atoms with Crippen LogP contribution in [0.1, 0.15) is 80.7 Å². The van der Waals surface area contributed by atoms with Crippen molar-refractivity contribution in [3.8, 4) is 22.9 Å². The van der Waals surface area contributed by atoms with E-state index >= 15 is 0 Å². The lowest BCUT2D eigenvalue weighted by Gasteiger charge is -2.58. The summed E-state index contributed by atoms with van der Waals surface area (Å²) in [6.45, 7) is 6.39. The molecule has 2 aromatic heterocycles. The van der Waals surface area contributed by atoms with Crippen LogP contribution >= 0.6 is 12.4 Å². The van der Waals surface area contributed by atoms with Crippen molar-refractivity contribution in [2.24, 2.45) is 10.8 Å². The summed E-state index contributed by atoms with van der Waals surface area (Å²) in [6.07, 6.45) is 1.73. The number of hydrogen-bond acceptors (Lipinski definition) is 12. The van der Waals surface area contributed by atoms with Gasteiger partial charge in [0.15, 0.2) is 0 Å². The molecular weight excluding hydrogens is 1010 g/mol. The summed E-state index contributed by atoms with van der Waals surface area (Å²) in [7, 11) is -7.53. The molecule has 16 nitrogen and oxygen atoms in total. The van der Waals surface area contributed by atoms with Crippen LogP contribution in [0, 0.1) is 10.8 Å². The van der Waals surface area contributed by atoms with E-state index in [1.165, 1.54) is 27.9 Å². The fourth-order valence-electron chi connectivity index (χ4n) is 10.2. The van der Waals surface area contributed by atoms with Crippen molar-refractivity contribution in [3.05, 3.63) is 132 Å². The van der Waals surface area contributed by atoms with E-state index in [2.05, 4.69) is 30.6 Å². The number of likely N-dealkylation sites (tertiary alicyclic amines) is 1. The van der Waals surface area contributed by atoms with E-state index in [4.69, 9.17) is 8.83 Å². The molecule has 0 radical (unpaired) electrons. The van der Waals surface area contributed by atoms with Gasteiger partial charge in [0.1, 0.15) is 0 Å². The molecule has 11 rings (SSSR count). The summed E-state index contributed by atoms with van der Waals surface area (Å²) in [6, 6.07) is 32.5. The first-order valence-electron chi connectivity index (χ1n) is 24.2. The number of hydrogen-bond donors (Lipinski definition) is 1. The first-order valence-corrected chi connectivity index (χ1v) is 27.0. The van der Waals surface area contributed by atoms with Gasteiger partial charge in [0, 0.05) is 69.5 Å². The number of nitrogens with zero attached hydrogens (tertiary/aromatic N) is 9. The molecule has 23 heteroatoms. The molecule has 1 saturated carbocycles. The second-order valence-corrected chi connectivity index (χ2v) is 23.2. The van der Waals surface area contributed by atoms with Crippen molar-refractivity contribution < 1.29 is 43.2 Å². The Hall–Kier alpha value is -5.49. The van der Waals surface area contributed by atoms with Crippen molar-refractivity contribution in [3.63, 3.8) is 0 Å². The Balaban J connectivity index is 0.000000178. The average molecular weight is 1070 g/mol. The van der Waals surface area contributed by atoms with Crippen LogP contribution in [0.15, 0.2) is 118 Å². The highest BCUT2D eigenvalue weighted by Gasteiger charge is 2.50. The maximum atomic E-state index is 13.9. The molecule has 73 heavy (non-hydrogen) atoms. The zero-order valence-corrected chi connectivity index (χ0v) is 42.3. The average Bonchev–Trinajstić information content (AvgIpc) is 4.07. The van der Waals surface area contributed by atoms with Crippen LogP contribution in [0.3, 0.4) is 0 Å². The van der Waals surface area contributed by atoms with Gasteiger partial charge in [0.25, 0.3) is 11.8 Å².